The Hall–Kier alpha value is -2.31. The first-order valence-electron chi connectivity index (χ1n) is 9.76. The predicted octanol–water partition coefficient (Wildman–Crippen LogP) is 4.65. The Morgan fingerprint density at radius 1 is 1.17 bits per heavy atom. The first kappa shape index (κ1) is 20.0. The minimum Gasteiger partial charge on any atom is -0.351 e. The van der Waals surface area contributed by atoms with Crippen LogP contribution in [0.3, 0.4) is 0 Å². The van der Waals surface area contributed by atoms with Crippen LogP contribution in [-0.4, -0.2) is 25.9 Å². The van der Waals surface area contributed by atoms with Crippen LogP contribution in [-0.2, 0) is 17.9 Å². The summed E-state index contributed by atoms with van der Waals surface area (Å²) < 4.78 is 2.16. The van der Waals surface area contributed by atoms with Crippen LogP contribution in [0.15, 0.2) is 59.8 Å². The first-order valence-corrected chi connectivity index (χ1v) is 11.0. The molecule has 1 saturated carbocycles. The van der Waals surface area contributed by atoms with Crippen LogP contribution in [0.25, 0.3) is 0 Å². The van der Waals surface area contributed by atoms with E-state index in [0.29, 0.717) is 17.5 Å². The van der Waals surface area contributed by atoms with Crippen molar-refractivity contribution in [2.75, 3.05) is 0 Å². The van der Waals surface area contributed by atoms with Gasteiger partial charge in [-0.3, -0.25) is 4.79 Å². The highest BCUT2D eigenvalue weighted by molar-refractivity contribution is 8.00. The van der Waals surface area contributed by atoms with Crippen molar-refractivity contribution < 1.29 is 4.79 Å². The third-order valence-electron chi connectivity index (χ3n) is 4.93. The number of hydrogen-bond donors (Lipinski definition) is 1. The van der Waals surface area contributed by atoms with Gasteiger partial charge in [0.05, 0.1) is 11.8 Å². The van der Waals surface area contributed by atoms with Crippen molar-refractivity contribution in [3.63, 3.8) is 0 Å². The number of amides is 1. The van der Waals surface area contributed by atoms with E-state index in [1.54, 1.807) is 0 Å². The SMILES string of the molecule is C[C@H](Sc1nnc(C2CC2)n1Cc1ccccc1)C(=O)NCc1ccccc1Cl. The summed E-state index contributed by atoms with van der Waals surface area (Å²) in [6, 6.07) is 17.8. The maximum absolute atomic E-state index is 12.6. The first-order chi connectivity index (χ1) is 14.1. The number of thioether (sulfide) groups is 1. The summed E-state index contributed by atoms with van der Waals surface area (Å²) in [4.78, 5) is 12.6. The van der Waals surface area contributed by atoms with Gasteiger partial charge in [0, 0.05) is 17.5 Å². The zero-order valence-electron chi connectivity index (χ0n) is 16.2. The van der Waals surface area contributed by atoms with Crippen molar-refractivity contribution in [3.8, 4) is 0 Å². The molecular weight excluding hydrogens is 404 g/mol. The summed E-state index contributed by atoms with van der Waals surface area (Å²) >= 11 is 7.62. The lowest BCUT2D eigenvalue weighted by molar-refractivity contribution is -0.120. The second-order valence-corrected chi connectivity index (χ2v) is 8.97. The molecule has 0 unspecified atom stereocenters. The molecule has 29 heavy (non-hydrogen) atoms. The van der Waals surface area contributed by atoms with Gasteiger partial charge in [-0.1, -0.05) is 71.9 Å². The molecule has 1 amide bonds. The lowest BCUT2D eigenvalue weighted by Crippen LogP contribution is -2.30. The van der Waals surface area contributed by atoms with Crippen molar-refractivity contribution in [3.05, 3.63) is 76.6 Å². The summed E-state index contributed by atoms with van der Waals surface area (Å²) in [5, 5.41) is 13.0. The standard InChI is InChI=1S/C22H23ClN4OS/c1-15(21(28)24-13-18-9-5-6-10-19(18)23)29-22-26-25-20(17-11-12-17)27(22)14-16-7-3-2-4-8-16/h2-10,15,17H,11-14H2,1H3,(H,24,28)/t15-/m0/s1. The van der Waals surface area contributed by atoms with Crippen molar-refractivity contribution in [1.29, 1.82) is 0 Å². The number of carbonyl (C=O) groups is 1. The van der Waals surface area contributed by atoms with Crippen molar-refractivity contribution in [1.82, 2.24) is 20.1 Å². The Balaban J connectivity index is 1.44. The average Bonchev–Trinajstić information content (AvgIpc) is 3.51. The number of rotatable bonds is 8. The van der Waals surface area contributed by atoms with E-state index in [2.05, 4.69) is 32.2 Å². The molecule has 1 aliphatic carbocycles. The zero-order valence-corrected chi connectivity index (χ0v) is 17.8. The molecule has 1 fully saturated rings. The third-order valence-corrected chi connectivity index (χ3v) is 6.38. The molecule has 2 aromatic carbocycles. The topological polar surface area (TPSA) is 59.8 Å². The summed E-state index contributed by atoms with van der Waals surface area (Å²) in [7, 11) is 0. The monoisotopic (exact) mass is 426 g/mol. The second kappa shape index (κ2) is 9.01. The van der Waals surface area contributed by atoms with Crippen molar-refractivity contribution in [2.24, 2.45) is 0 Å². The maximum atomic E-state index is 12.6. The number of benzene rings is 2. The van der Waals surface area contributed by atoms with Gasteiger partial charge in [0.1, 0.15) is 5.82 Å². The fourth-order valence-corrected chi connectivity index (χ4v) is 4.21. The van der Waals surface area contributed by atoms with Gasteiger partial charge in [0.2, 0.25) is 5.91 Å². The lowest BCUT2D eigenvalue weighted by atomic mass is 10.2. The molecular formula is C22H23ClN4OS. The number of aromatic nitrogens is 3. The zero-order chi connectivity index (χ0) is 20.2. The molecule has 7 heteroatoms. The smallest absolute Gasteiger partial charge is 0.233 e. The Morgan fingerprint density at radius 3 is 2.62 bits per heavy atom. The number of hydrogen-bond acceptors (Lipinski definition) is 4. The molecule has 1 heterocycles. The van der Waals surface area contributed by atoms with Crippen LogP contribution in [0.5, 0.6) is 0 Å². The van der Waals surface area contributed by atoms with Gasteiger partial charge in [0.25, 0.3) is 0 Å². The molecule has 0 aliphatic heterocycles. The highest BCUT2D eigenvalue weighted by Gasteiger charge is 2.31. The summed E-state index contributed by atoms with van der Waals surface area (Å²) in [6.45, 7) is 3.02. The molecule has 0 bridgehead atoms. The molecule has 1 aromatic heterocycles. The van der Waals surface area contributed by atoms with Crippen LogP contribution < -0.4 is 5.32 Å². The molecule has 0 radical (unpaired) electrons. The van der Waals surface area contributed by atoms with E-state index in [-0.39, 0.29) is 11.2 Å². The fraction of sp³-hybridized carbons (Fsp3) is 0.318. The van der Waals surface area contributed by atoms with E-state index < -0.39 is 0 Å². The van der Waals surface area contributed by atoms with E-state index >= 15 is 0 Å². The highest BCUT2D eigenvalue weighted by Crippen LogP contribution is 2.40. The minimum atomic E-state index is -0.289. The van der Waals surface area contributed by atoms with Crippen LogP contribution in [0, 0.1) is 0 Å². The van der Waals surface area contributed by atoms with Gasteiger partial charge in [-0.25, -0.2) is 0 Å². The number of nitrogens with zero attached hydrogens (tertiary/aromatic N) is 3. The lowest BCUT2D eigenvalue weighted by Gasteiger charge is -2.14. The van der Waals surface area contributed by atoms with E-state index in [1.165, 1.54) is 17.3 Å². The Morgan fingerprint density at radius 2 is 1.90 bits per heavy atom. The van der Waals surface area contributed by atoms with E-state index in [4.69, 9.17) is 11.6 Å². The largest absolute Gasteiger partial charge is 0.351 e. The van der Waals surface area contributed by atoms with E-state index in [0.717, 1.165) is 35.9 Å². The van der Waals surface area contributed by atoms with Crippen LogP contribution in [0.4, 0.5) is 0 Å². The van der Waals surface area contributed by atoms with E-state index in [9.17, 15) is 4.79 Å². The molecule has 1 N–H and O–H groups in total. The molecule has 0 spiro atoms. The molecule has 4 rings (SSSR count). The Labute approximate surface area is 179 Å². The third kappa shape index (κ3) is 5.00. The number of halogens is 1. The van der Waals surface area contributed by atoms with Gasteiger partial charge in [0.15, 0.2) is 5.16 Å². The maximum Gasteiger partial charge on any atom is 0.233 e. The highest BCUT2D eigenvalue weighted by atomic mass is 35.5. The summed E-state index contributed by atoms with van der Waals surface area (Å²) in [6.07, 6.45) is 2.32. The van der Waals surface area contributed by atoms with Crippen LogP contribution in [0.2, 0.25) is 5.02 Å². The van der Waals surface area contributed by atoms with Crippen molar-refractivity contribution >= 4 is 29.3 Å². The van der Waals surface area contributed by atoms with E-state index in [1.807, 2.05) is 49.4 Å². The quantitative estimate of drug-likeness (QED) is 0.532. The second-order valence-electron chi connectivity index (χ2n) is 7.26. The van der Waals surface area contributed by atoms with Gasteiger partial charge in [-0.2, -0.15) is 0 Å². The molecule has 0 saturated heterocycles. The van der Waals surface area contributed by atoms with Gasteiger partial charge < -0.3 is 9.88 Å². The van der Waals surface area contributed by atoms with Crippen LogP contribution >= 0.6 is 23.4 Å². The van der Waals surface area contributed by atoms with Crippen molar-refractivity contribution in [2.45, 2.75) is 49.2 Å². The number of carbonyl (C=O) groups excluding carboxylic acids is 1. The molecule has 3 aromatic rings. The summed E-state index contributed by atoms with van der Waals surface area (Å²) in [5.41, 5.74) is 2.11. The molecule has 150 valence electrons. The average molecular weight is 427 g/mol. The minimum absolute atomic E-state index is 0.0443. The van der Waals surface area contributed by atoms with Gasteiger partial charge in [-0.05, 0) is 37.0 Å². The number of nitrogens with one attached hydrogen (secondary N) is 1. The predicted molar refractivity (Wildman–Crippen MR) is 116 cm³/mol. The van der Waals surface area contributed by atoms with Gasteiger partial charge >= 0.3 is 0 Å². The molecule has 1 aliphatic rings. The normalized spacial score (nSPS) is 14.6. The Kier molecular flexibility index (Phi) is 6.21. The fourth-order valence-electron chi connectivity index (χ4n) is 3.12. The van der Waals surface area contributed by atoms with Gasteiger partial charge in [-0.15, -0.1) is 10.2 Å². The summed E-state index contributed by atoms with van der Waals surface area (Å²) in [5.74, 6) is 1.47. The molecule has 5 nitrogen and oxygen atoms in total. The molecule has 1 atom stereocenters. The Bertz CT molecular complexity index is 987. The van der Waals surface area contributed by atoms with Crippen LogP contribution in [0.1, 0.15) is 42.6 Å².